The maximum atomic E-state index is 2.67. The molecule has 0 unspecified atom stereocenters. The predicted octanol–water partition coefficient (Wildman–Crippen LogP) is 4.65. The zero-order valence-electron chi connectivity index (χ0n) is 15.7. The molecule has 21 heavy (non-hydrogen) atoms. The number of nitrogens with zero attached hydrogens (tertiary/aromatic N) is 2. The number of rotatable bonds is 7. The molecule has 1 rings (SSSR count). The summed E-state index contributed by atoms with van der Waals surface area (Å²) in [4.78, 5) is 5.31. The van der Waals surface area contributed by atoms with Crippen LogP contribution in [0.1, 0.15) is 73.6 Å². The van der Waals surface area contributed by atoms with Crippen molar-refractivity contribution in [2.45, 2.75) is 73.6 Å². The molecule has 1 aliphatic rings. The molecule has 0 N–H and O–H groups in total. The second-order valence-electron chi connectivity index (χ2n) is 9.40. The van der Waals surface area contributed by atoms with Gasteiger partial charge in [0.05, 0.1) is 0 Å². The Morgan fingerprint density at radius 2 is 1.14 bits per heavy atom. The Labute approximate surface area is 134 Å². The van der Waals surface area contributed by atoms with E-state index < -0.39 is 0 Å². The quantitative estimate of drug-likeness (QED) is 0.631. The molecular formula is C19H40N2. The molecule has 0 aromatic carbocycles. The molecule has 1 fully saturated rings. The number of hydrogen-bond donors (Lipinski definition) is 0. The molecule has 0 amide bonds. The summed E-state index contributed by atoms with van der Waals surface area (Å²) >= 11 is 0. The summed E-state index contributed by atoms with van der Waals surface area (Å²) < 4.78 is 0. The summed E-state index contributed by atoms with van der Waals surface area (Å²) in [5.74, 6) is 0. The van der Waals surface area contributed by atoms with E-state index in [1.165, 1.54) is 71.4 Å². The number of piperazine rings is 1. The second kappa shape index (κ2) is 8.53. The molecule has 0 bridgehead atoms. The molecule has 0 aliphatic carbocycles. The van der Waals surface area contributed by atoms with Gasteiger partial charge >= 0.3 is 0 Å². The molecule has 1 saturated heterocycles. The van der Waals surface area contributed by atoms with Crippen molar-refractivity contribution in [3.05, 3.63) is 0 Å². The van der Waals surface area contributed by atoms with Crippen LogP contribution in [0.15, 0.2) is 0 Å². The minimum absolute atomic E-state index is 0.440. The van der Waals surface area contributed by atoms with Gasteiger partial charge in [-0.15, -0.1) is 0 Å². The summed E-state index contributed by atoms with van der Waals surface area (Å²) in [7, 11) is 0. The van der Waals surface area contributed by atoms with Crippen molar-refractivity contribution in [3.63, 3.8) is 0 Å². The van der Waals surface area contributed by atoms with Gasteiger partial charge in [-0.2, -0.15) is 0 Å². The van der Waals surface area contributed by atoms with Gasteiger partial charge in [-0.3, -0.25) is 0 Å². The summed E-state index contributed by atoms with van der Waals surface area (Å²) in [5, 5.41) is 0. The van der Waals surface area contributed by atoms with Crippen LogP contribution in [0.25, 0.3) is 0 Å². The van der Waals surface area contributed by atoms with Gasteiger partial charge < -0.3 is 9.80 Å². The van der Waals surface area contributed by atoms with Crippen molar-refractivity contribution < 1.29 is 0 Å². The maximum Gasteiger partial charge on any atom is 0.0110 e. The van der Waals surface area contributed by atoms with E-state index in [1.807, 2.05) is 0 Å². The predicted molar refractivity (Wildman–Crippen MR) is 94.9 cm³/mol. The van der Waals surface area contributed by atoms with Gasteiger partial charge in [0.15, 0.2) is 0 Å². The van der Waals surface area contributed by atoms with Gasteiger partial charge in [0, 0.05) is 32.7 Å². The summed E-state index contributed by atoms with van der Waals surface area (Å²) in [6.45, 7) is 21.7. The van der Waals surface area contributed by atoms with Crippen LogP contribution >= 0.6 is 0 Å². The fourth-order valence-electron chi connectivity index (χ4n) is 3.19. The zero-order chi connectivity index (χ0) is 15.9. The van der Waals surface area contributed by atoms with Gasteiger partial charge in [-0.25, -0.2) is 0 Å². The molecule has 0 radical (unpaired) electrons. The molecule has 1 aliphatic heterocycles. The molecule has 2 heteroatoms. The first-order valence-corrected chi connectivity index (χ1v) is 9.10. The normalized spacial score (nSPS) is 19.1. The van der Waals surface area contributed by atoms with E-state index in [0.717, 1.165) is 0 Å². The van der Waals surface area contributed by atoms with Crippen molar-refractivity contribution >= 4 is 0 Å². The lowest BCUT2D eigenvalue weighted by Crippen LogP contribution is -2.48. The van der Waals surface area contributed by atoms with Gasteiger partial charge in [0.1, 0.15) is 0 Å². The van der Waals surface area contributed by atoms with Crippen molar-refractivity contribution in [1.29, 1.82) is 0 Å². The summed E-state index contributed by atoms with van der Waals surface area (Å²) in [6, 6.07) is 0. The average Bonchev–Trinajstić information content (AvgIpc) is 2.32. The highest BCUT2D eigenvalue weighted by Crippen LogP contribution is 2.22. The van der Waals surface area contributed by atoms with Gasteiger partial charge in [-0.1, -0.05) is 60.8 Å². The fraction of sp³-hybridized carbons (Fsp3) is 1.00. The van der Waals surface area contributed by atoms with E-state index in [1.54, 1.807) is 0 Å². The number of unbranched alkanes of at least 4 members (excludes halogenated alkanes) is 3. The van der Waals surface area contributed by atoms with Crippen LogP contribution in [0, 0.1) is 10.8 Å². The highest BCUT2D eigenvalue weighted by Gasteiger charge is 2.21. The van der Waals surface area contributed by atoms with Gasteiger partial charge in [0.25, 0.3) is 0 Å². The molecule has 126 valence electrons. The molecule has 0 atom stereocenters. The highest BCUT2D eigenvalue weighted by atomic mass is 15.3. The van der Waals surface area contributed by atoms with E-state index in [0.29, 0.717) is 10.8 Å². The van der Waals surface area contributed by atoms with E-state index >= 15 is 0 Å². The first-order valence-electron chi connectivity index (χ1n) is 9.10. The lowest BCUT2D eigenvalue weighted by molar-refractivity contribution is 0.101. The largest absolute Gasteiger partial charge is 0.301 e. The van der Waals surface area contributed by atoms with Crippen molar-refractivity contribution in [3.8, 4) is 0 Å². The van der Waals surface area contributed by atoms with Crippen molar-refractivity contribution in [1.82, 2.24) is 9.80 Å². The van der Waals surface area contributed by atoms with Crippen LogP contribution in [-0.4, -0.2) is 49.1 Å². The third-order valence-electron chi connectivity index (χ3n) is 4.31. The molecule has 0 aromatic rings. The van der Waals surface area contributed by atoms with E-state index in [-0.39, 0.29) is 0 Å². The van der Waals surface area contributed by atoms with E-state index in [9.17, 15) is 0 Å². The second-order valence-corrected chi connectivity index (χ2v) is 9.40. The third kappa shape index (κ3) is 10.3. The average molecular weight is 297 g/mol. The summed E-state index contributed by atoms with van der Waals surface area (Å²) in [5.41, 5.74) is 0.957. The Morgan fingerprint density at radius 1 is 0.619 bits per heavy atom. The zero-order valence-corrected chi connectivity index (χ0v) is 15.7. The van der Waals surface area contributed by atoms with Crippen LogP contribution < -0.4 is 0 Å². The van der Waals surface area contributed by atoms with Crippen LogP contribution in [-0.2, 0) is 0 Å². The maximum absolute atomic E-state index is 2.67. The molecule has 0 aromatic heterocycles. The lowest BCUT2D eigenvalue weighted by atomic mass is 9.89. The molecular weight excluding hydrogens is 256 g/mol. The summed E-state index contributed by atoms with van der Waals surface area (Å²) in [6.07, 6.45) is 7.00. The molecule has 1 heterocycles. The van der Waals surface area contributed by atoms with Crippen molar-refractivity contribution in [2.24, 2.45) is 10.8 Å². The Morgan fingerprint density at radius 3 is 1.67 bits per heavy atom. The van der Waals surface area contributed by atoms with E-state index in [4.69, 9.17) is 0 Å². The number of hydrogen-bond acceptors (Lipinski definition) is 2. The SMILES string of the molecule is CC(C)(C)CCCCCCN1CCN(CC(C)(C)C)CC1. The lowest BCUT2D eigenvalue weighted by Gasteiger charge is -2.37. The van der Waals surface area contributed by atoms with E-state index in [2.05, 4.69) is 51.3 Å². The fourth-order valence-corrected chi connectivity index (χ4v) is 3.19. The first-order chi connectivity index (χ1) is 9.66. The first kappa shape index (κ1) is 19.0. The van der Waals surface area contributed by atoms with Gasteiger partial charge in [0.2, 0.25) is 0 Å². The highest BCUT2D eigenvalue weighted by molar-refractivity contribution is 4.76. The third-order valence-corrected chi connectivity index (χ3v) is 4.31. The Bertz CT molecular complexity index is 264. The molecule has 2 nitrogen and oxygen atoms in total. The van der Waals surface area contributed by atoms with Crippen LogP contribution in [0.2, 0.25) is 0 Å². The van der Waals surface area contributed by atoms with Crippen LogP contribution in [0.5, 0.6) is 0 Å². The minimum atomic E-state index is 0.440. The Balaban J connectivity index is 2.01. The monoisotopic (exact) mass is 296 g/mol. The van der Waals surface area contributed by atoms with Gasteiger partial charge in [-0.05, 0) is 30.2 Å². The standard InChI is InChI=1S/C19H40N2/c1-18(2,3)11-9-7-8-10-12-20-13-15-21(16-14-20)17-19(4,5)6/h7-17H2,1-6H3. The Kier molecular flexibility index (Phi) is 7.70. The van der Waals surface area contributed by atoms with Crippen LogP contribution in [0.3, 0.4) is 0 Å². The Hall–Kier alpha value is -0.0800. The van der Waals surface area contributed by atoms with Crippen molar-refractivity contribution in [2.75, 3.05) is 39.3 Å². The smallest absolute Gasteiger partial charge is 0.0110 e. The minimum Gasteiger partial charge on any atom is -0.301 e. The van der Waals surface area contributed by atoms with Crippen LogP contribution in [0.4, 0.5) is 0 Å². The topological polar surface area (TPSA) is 6.48 Å². The molecule has 0 spiro atoms. The molecule has 0 saturated carbocycles.